The predicted octanol–water partition coefficient (Wildman–Crippen LogP) is 3.93. The molecule has 1 amide bonds. The number of aliphatic hydroxyl groups is 2. The minimum atomic E-state index is -1.48. The highest BCUT2D eigenvalue weighted by atomic mass is 16.7. The summed E-state index contributed by atoms with van der Waals surface area (Å²) in [7, 11) is 0. The number of non-ortho nitro benzene ring substituents is 1. The Morgan fingerprint density at radius 2 is 1.33 bits per heavy atom. The van der Waals surface area contributed by atoms with Crippen LogP contribution >= 0.6 is 0 Å². The van der Waals surface area contributed by atoms with Crippen LogP contribution in [0.5, 0.6) is 5.75 Å². The molecule has 0 radical (unpaired) electrons. The number of ether oxygens (including phenoxy) is 3. The number of aliphatic hydroxyl groups excluding tert-OH is 2. The summed E-state index contributed by atoms with van der Waals surface area (Å²) in [5.41, 5.74) is 1.28. The molecule has 4 aromatic carbocycles. The molecule has 1 saturated heterocycles. The summed E-state index contributed by atoms with van der Waals surface area (Å²) >= 11 is 0. The Morgan fingerprint density at radius 3 is 1.77 bits per heavy atom. The van der Waals surface area contributed by atoms with Crippen molar-refractivity contribution in [2.24, 2.45) is 0 Å². The molecule has 5 rings (SSSR count). The van der Waals surface area contributed by atoms with Gasteiger partial charge in [-0.25, -0.2) is 0 Å². The Kier molecular flexibility index (Phi) is 9.13. The number of hydrogen-bond donors (Lipinski definition) is 3. The van der Waals surface area contributed by atoms with Crippen molar-refractivity contribution in [3.8, 4) is 5.75 Å². The highest BCUT2D eigenvalue weighted by molar-refractivity contribution is 5.73. The molecule has 3 unspecified atom stereocenters. The lowest BCUT2D eigenvalue weighted by atomic mass is 9.80. The van der Waals surface area contributed by atoms with Gasteiger partial charge in [0.2, 0.25) is 12.2 Å². The molecule has 10 nitrogen and oxygen atoms in total. The fourth-order valence-electron chi connectivity index (χ4n) is 5.31. The van der Waals surface area contributed by atoms with Crippen LogP contribution in [-0.4, -0.2) is 58.3 Å². The standard InChI is InChI=1S/C33H32N2O8/c1-22(36)34-29-31(38)30(37)28(43-32(29)42-27-19-17-26(18-20-27)35(39)40)21-41-33(23-11-5-2-6-12-23,24-13-7-3-8-14-24)25-15-9-4-10-16-25/h2-20,28-32,37-38H,21H2,1H3,(H,34,36)/t28?,29?,30-,31?,32-/m1/s1. The van der Waals surface area contributed by atoms with Gasteiger partial charge in [0.05, 0.1) is 11.5 Å². The number of hydrogen-bond acceptors (Lipinski definition) is 8. The van der Waals surface area contributed by atoms with Gasteiger partial charge in [-0.15, -0.1) is 0 Å². The quantitative estimate of drug-likeness (QED) is 0.145. The number of nitro benzene ring substituents is 1. The summed E-state index contributed by atoms with van der Waals surface area (Å²) in [6.07, 6.45) is -5.27. The largest absolute Gasteiger partial charge is 0.463 e. The van der Waals surface area contributed by atoms with Crippen LogP contribution in [0.15, 0.2) is 115 Å². The first-order valence-electron chi connectivity index (χ1n) is 13.8. The lowest BCUT2D eigenvalue weighted by Gasteiger charge is -2.44. The molecule has 1 aliphatic rings. The lowest BCUT2D eigenvalue weighted by Crippen LogP contribution is -2.65. The second-order valence-corrected chi connectivity index (χ2v) is 10.2. The molecule has 1 fully saturated rings. The van der Waals surface area contributed by atoms with Crippen LogP contribution < -0.4 is 10.1 Å². The first kappa shape index (κ1) is 29.9. The molecule has 0 bridgehead atoms. The van der Waals surface area contributed by atoms with E-state index in [9.17, 15) is 25.1 Å². The maximum atomic E-state index is 12.0. The molecule has 1 aliphatic heterocycles. The summed E-state index contributed by atoms with van der Waals surface area (Å²) in [5, 5.41) is 36.0. The highest BCUT2D eigenvalue weighted by Crippen LogP contribution is 2.41. The summed E-state index contributed by atoms with van der Waals surface area (Å²) in [6, 6.07) is 33.2. The number of rotatable bonds is 10. The molecule has 10 heteroatoms. The van der Waals surface area contributed by atoms with Gasteiger partial charge < -0.3 is 29.7 Å². The third kappa shape index (κ3) is 6.42. The van der Waals surface area contributed by atoms with Gasteiger partial charge in [-0.05, 0) is 28.8 Å². The van der Waals surface area contributed by atoms with Gasteiger partial charge >= 0.3 is 0 Å². The molecule has 43 heavy (non-hydrogen) atoms. The molecule has 1 heterocycles. The number of amides is 1. The molecular formula is C33H32N2O8. The van der Waals surface area contributed by atoms with Gasteiger partial charge in [0.15, 0.2) is 0 Å². The zero-order chi connectivity index (χ0) is 30.4. The van der Waals surface area contributed by atoms with Crippen LogP contribution in [0.4, 0.5) is 5.69 Å². The van der Waals surface area contributed by atoms with Gasteiger partial charge in [-0.1, -0.05) is 91.0 Å². The summed E-state index contributed by atoms with van der Waals surface area (Å²) < 4.78 is 18.9. The van der Waals surface area contributed by atoms with Gasteiger partial charge in [0, 0.05) is 19.1 Å². The molecule has 4 aromatic rings. The number of benzene rings is 4. The van der Waals surface area contributed by atoms with Crippen molar-refractivity contribution >= 4 is 11.6 Å². The molecule has 0 aromatic heterocycles. The average Bonchev–Trinajstić information content (AvgIpc) is 3.03. The van der Waals surface area contributed by atoms with E-state index >= 15 is 0 Å². The number of nitro groups is 1. The van der Waals surface area contributed by atoms with E-state index in [0.29, 0.717) is 0 Å². The first-order valence-corrected chi connectivity index (χ1v) is 13.8. The van der Waals surface area contributed by atoms with Gasteiger partial charge in [0.25, 0.3) is 5.69 Å². The van der Waals surface area contributed by atoms with Crippen molar-refractivity contribution in [3.05, 3.63) is 142 Å². The van der Waals surface area contributed by atoms with E-state index in [0.717, 1.165) is 16.7 Å². The van der Waals surface area contributed by atoms with Crippen molar-refractivity contribution in [1.29, 1.82) is 0 Å². The summed E-state index contributed by atoms with van der Waals surface area (Å²) in [5.74, 6) is -0.260. The zero-order valence-electron chi connectivity index (χ0n) is 23.4. The van der Waals surface area contributed by atoms with E-state index in [1.807, 2.05) is 91.0 Å². The second-order valence-electron chi connectivity index (χ2n) is 10.2. The number of nitrogens with one attached hydrogen (secondary N) is 1. The lowest BCUT2D eigenvalue weighted by molar-refractivity contribution is -0.384. The molecule has 0 aliphatic carbocycles. The maximum absolute atomic E-state index is 12.0. The molecular weight excluding hydrogens is 552 g/mol. The van der Waals surface area contributed by atoms with Crippen LogP contribution in [-0.2, 0) is 19.9 Å². The Labute approximate surface area is 248 Å². The second kappa shape index (κ2) is 13.1. The fourth-order valence-corrected chi connectivity index (χ4v) is 5.31. The van der Waals surface area contributed by atoms with E-state index in [-0.39, 0.29) is 18.0 Å². The normalized spacial score (nSPS) is 22.0. The van der Waals surface area contributed by atoms with Gasteiger partial charge in [-0.2, -0.15) is 0 Å². The predicted molar refractivity (Wildman–Crippen MR) is 157 cm³/mol. The maximum Gasteiger partial charge on any atom is 0.269 e. The number of nitrogens with zero attached hydrogens (tertiary/aromatic N) is 1. The molecule has 3 N–H and O–H groups in total. The molecule has 5 atom stereocenters. The van der Waals surface area contributed by atoms with Crippen LogP contribution in [0.25, 0.3) is 0 Å². The molecule has 0 saturated carbocycles. The highest BCUT2D eigenvalue weighted by Gasteiger charge is 2.48. The monoisotopic (exact) mass is 584 g/mol. The first-order chi connectivity index (χ1) is 20.8. The average molecular weight is 585 g/mol. The van der Waals surface area contributed by atoms with E-state index in [1.54, 1.807) is 0 Å². The minimum absolute atomic E-state index is 0.129. The number of carbonyl (C=O) groups excluding carboxylic acids is 1. The Hall–Kier alpha value is -4.61. The van der Waals surface area contributed by atoms with Gasteiger partial charge in [0.1, 0.15) is 35.7 Å². The van der Waals surface area contributed by atoms with Crippen molar-refractivity contribution in [2.75, 3.05) is 6.61 Å². The van der Waals surface area contributed by atoms with E-state index in [2.05, 4.69) is 5.32 Å². The van der Waals surface area contributed by atoms with Crippen molar-refractivity contribution in [2.45, 2.75) is 43.2 Å². The number of carbonyl (C=O) groups is 1. The van der Waals surface area contributed by atoms with E-state index < -0.39 is 47.1 Å². The van der Waals surface area contributed by atoms with E-state index in [4.69, 9.17) is 14.2 Å². The molecule has 222 valence electrons. The zero-order valence-corrected chi connectivity index (χ0v) is 23.4. The third-order valence-electron chi connectivity index (χ3n) is 7.38. The Balaban J connectivity index is 1.49. The summed E-state index contributed by atoms with van der Waals surface area (Å²) in [4.78, 5) is 22.5. The van der Waals surface area contributed by atoms with E-state index in [1.165, 1.54) is 31.2 Å². The third-order valence-corrected chi connectivity index (χ3v) is 7.38. The SMILES string of the molecule is CC(=O)NC1C(O)[C@H](O)C(COC(c2ccccc2)(c2ccccc2)c2ccccc2)O[C@H]1Oc1ccc([N+](=O)[O-])cc1. The van der Waals surface area contributed by atoms with Crippen LogP contribution in [0.1, 0.15) is 23.6 Å². The smallest absolute Gasteiger partial charge is 0.269 e. The Morgan fingerprint density at radius 1 is 0.837 bits per heavy atom. The van der Waals surface area contributed by atoms with Crippen LogP contribution in [0, 0.1) is 10.1 Å². The van der Waals surface area contributed by atoms with Crippen molar-refractivity contribution in [1.82, 2.24) is 5.32 Å². The van der Waals surface area contributed by atoms with Gasteiger partial charge in [-0.3, -0.25) is 14.9 Å². The van der Waals surface area contributed by atoms with Crippen molar-refractivity contribution in [3.63, 3.8) is 0 Å². The Bertz CT molecular complexity index is 1410. The van der Waals surface area contributed by atoms with Crippen LogP contribution in [0.3, 0.4) is 0 Å². The topological polar surface area (TPSA) is 140 Å². The van der Waals surface area contributed by atoms with Crippen LogP contribution in [0.2, 0.25) is 0 Å². The summed E-state index contributed by atoms with van der Waals surface area (Å²) in [6.45, 7) is 1.09. The molecule has 0 spiro atoms. The van der Waals surface area contributed by atoms with Crippen molar-refractivity contribution < 1.29 is 34.1 Å². The minimum Gasteiger partial charge on any atom is -0.463 e. The fraction of sp³-hybridized carbons (Fsp3) is 0.242.